The van der Waals surface area contributed by atoms with Crippen molar-refractivity contribution in [3.63, 3.8) is 0 Å². The first-order valence-electron chi connectivity index (χ1n) is 3.25. The van der Waals surface area contributed by atoms with Crippen LogP contribution >= 0.6 is 0 Å². The van der Waals surface area contributed by atoms with E-state index in [0.717, 1.165) is 0 Å². The Morgan fingerprint density at radius 2 is 2.18 bits per heavy atom. The minimum absolute atomic E-state index is 0.196. The topological polar surface area (TPSA) is 17.1 Å². The fraction of sp³-hybridized carbons (Fsp3) is 0.571. The van der Waals surface area contributed by atoms with E-state index >= 15 is 0 Å². The number of hydrogen-bond donors (Lipinski definition) is 0. The maximum Gasteiger partial charge on any atom is 0.306 e. The van der Waals surface area contributed by atoms with E-state index in [1.54, 1.807) is 0 Å². The maximum atomic E-state index is 12.6. The second-order valence-electron chi connectivity index (χ2n) is 2.43. The Kier molecular flexibility index (Phi) is 2.02. The van der Waals surface area contributed by atoms with Gasteiger partial charge >= 0.3 is 5.92 Å². The molecule has 1 atom stereocenters. The second kappa shape index (κ2) is 2.68. The van der Waals surface area contributed by atoms with Crippen LogP contribution in [0, 0.1) is 0 Å². The smallest absolute Gasteiger partial charge is 0.300 e. The summed E-state index contributed by atoms with van der Waals surface area (Å²) in [5, 5.41) is 0. The summed E-state index contributed by atoms with van der Waals surface area (Å²) >= 11 is 0. The van der Waals surface area contributed by atoms with Gasteiger partial charge in [-0.2, -0.15) is 8.78 Å². The highest BCUT2D eigenvalue weighted by atomic mass is 19.3. The lowest BCUT2D eigenvalue weighted by molar-refractivity contribution is -0.123. The summed E-state index contributed by atoms with van der Waals surface area (Å²) in [6, 6.07) is 0. The zero-order valence-electron chi connectivity index (χ0n) is 5.69. The van der Waals surface area contributed by atoms with Crippen molar-refractivity contribution in [3.05, 3.63) is 11.6 Å². The van der Waals surface area contributed by atoms with Crippen LogP contribution in [0.5, 0.6) is 0 Å². The van der Waals surface area contributed by atoms with E-state index in [9.17, 15) is 18.0 Å². The van der Waals surface area contributed by atoms with Crippen molar-refractivity contribution in [3.8, 4) is 0 Å². The van der Waals surface area contributed by atoms with Crippen molar-refractivity contribution < 1.29 is 18.0 Å². The molecule has 0 radical (unpaired) electrons. The fourth-order valence-corrected chi connectivity index (χ4v) is 0.854. The summed E-state index contributed by atoms with van der Waals surface area (Å²) in [6.07, 6.45) is -1.04. The molecule has 11 heavy (non-hydrogen) atoms. The van der Waals surface area contributed by atoms with E-state index < -0.39 is 12.1 Å². The average Bonchev–Trinajstić information content (AvgIpc) is 1.81. The Morgan fingerprint density at radius 3 is 2.45 bits per heavy atom. The molecule has 0 amide bonds. The molecule has 0 spiro atoms. The van der Waals surface area contributed by atoms with Gasteiger partial charge in [0.1, 0.15) is 0 Å². The summed E-state index contributed by atoms with van der Waals surface area (Å²) in [7, 11) is 0. The Balaban J connectivity index is 2.72. The number of allylic oxidation sites excluding steroid dienone is 2. The van der Waals surface area contributed by atoms with Crippen molar-refractivity contribution in [1.29, 1.82) is 0 Å². The van der Waals surface area contributed by atoms with Gasteiger partial charge in [0.05, 0.1) is 0 Å². The third kappa shape index (κ3) is 1.29. The molecule has 0 fully saturated rings. The van der Waals surface area contributed by atoms with Crippen LogP contribution in [0.3, 0.4) is 0 Å². The molecule has 0 aromatic carbocycles. The molecule has 1 aliphatic carbocycles. The molecule has 0 aromatic heterocycles. The molecule has 0 bridgehead atoms. The molecule has 0 saturated heterocycles. The Labute approximate surface area is 61.9 Å². The largest absolute Gasteiger partial charge is 0.306 e. The molecule has 0 N–H and O–H groups in total. The predicted molar refractivity (Wildman–Crippen MR) is 33.2 cm³/mol. The summed E-state index contributed by atoms with van der Waals surface area (Å²) in [5.74, 6) is -3.57. The van der Waals surface area contributed by atoms with Crippen LogP contribution in [0.25, 0.3) is 0 Å². The number of carbonyl (C=O) groups is 1. The molecule has 4 heteroatoms. The van der Waals surface area contributed by atoms with Gasteiger partial charge in [-0.05, 0) is 18.4 Å². The first-order chi connectivity index (χ1) is 5.09. The van der Waals surface area contributed by atoms with Crippen LogP contribution < -0.4 is 0 Å². The van der Waals surface area contributed by atoms with E-state index in [0.29, 0.717) is 6.42 Å². The Morgan fingerprint density at radius 1 is 1.64 bits per heavy atom. The van der Waals surface area contributed by atoms with Crippen molar-refractivity contribution in [2.45, 2.75) is 24.9 Å². The minimum atomic E-state index is -3.57. The summed E-state index contributed by atoms with van der Waals surface area (Å²) in [4.78, 5) is 9.71. The van der Waals surface area contributed by atoms with Crippen molar-refractivity contribution >= 4 is 6.29 Å². The first kappa shape index (κ1) is 8.30. The second-order valence-corrected chi connectivity index (χ2v) is 2.43. The third-order valence-corrected chi connectivity index (χ3v) is 1.70. The number of aldehydes is 1. The van der Waals surface area contributed by atoms with Crippen LogP contribution in [0.1, 0.15) is 12.8 Å². The maximum absolute atomic E-state index is 12.6. The SMILES string of the molecule is O=CC(F)C(F)(F)C1=CCC1. The van der Waals surface area contributed by atoms with Crippen LogP contribution in [0.2, 0.25) is 0 Å². The van der Waals surface area contributed by atoms with Crippen molar-refractivity contribution in [2.75, 3.05) is 0 Å². The lowest BCUT2D eigenvalue weighted by Gasteiger charge is -2.24. The van der Waals surface area contributed by atoms with Gasteiger partial charge in [-0.3, -0.25) is 4.79 Å². The lowest BCUT2D eigenvalue weighted by atomic mass is 9.91. The van der Waals surface area contributed by atoms with Gasteiger partial charge in [0.15, 0.2) is 6.29 Å². The Hall–Kier alpha value is -0.800. The number of alkyl halides is 3. The molecule has 0 aromatic rings. The molecule has 1 nitrogen and oxygen atoms in total. The summed E-state index contributed by atoms with van der Waals surface area (Å²) in [6.45, 7) is 0. The number of hydrogen-bond acceptors (Lipinski definition) is 1. The highest BCUT2D eigenvalue weighted by molar-refractivity contribution is 5.59. The summed E-state index contributed by atoms with van der Waals surface area (Å²) in [5.41, 5.74) is -0.253. The summed E-state index contributed by atoms with van der Waals surface area (Å²) < 4.78 is 37.4. The highest BCUT2D eigenvalue weighted by Crippen LogP contribution is 2.37. The third-order valence-electron chi connectivity index (χ3n) is 1.70. The molecular formula is C7H7F3O. The zero-order chi connectivity index (χ0) is 8.48. The van der Waals surface area contributed by atoms with Gasteiger partial charge in [0, 0.05) is 0 Å². The molecule has 0 heterocycles. The minimum Gasteiger partial charge on any atom is -0.300 e. The van der Waals surface area contributed by atoms with Gasteiger partial charge in [-0.15, -0.1) is 0 Å². The van der Waals surface area contributed by atoms with Crippen LogP contribution in [0.4, 0.5) is 13.2 Å². The Bertz CT molecular complexity index is 198. The molecule has 1 aliphatic rings. The number of halogens is 3. The number of carbonyl (C=O) groups excluding carboxylic acids is 1. The molecule has 1 rings (SSSR count). The molecule has 1 unspecified atom stereocenters. The number of rotatable bonds is 3. The van der Waals surface area contributed by atoms with E-state index in [4.69, 9.17) is 0 Å². The van der Waals surface area contributed by atoms with Crippen LogP contribution in [0.15, 0.2) is 11.6 Å². The molecular weight excluding hydrogens is 157 g/mol. The standard InChI is InChI=1S/C7H7F3O/c8-6(4-11)7(9,10)5-2-1-3-5/h2,4,6H,1,3H2. The van der Waals surface area contributed by atoms with E-state index in [2.05, 4.69) is 0 Å². The van der Waals surface area contributed by atoms with E-state index in [-0.39, 0.29) is 18.3 Å². The van der Waals surface area contributed by atoms with Crippen molar-refractivity contribution in [2.24, 2.45) is 0 Å². The van der Waals surface area contributed by atoms with Crippen molar-refractivity contribution in [1.82, 2.24) is 0 Å². The molecule has 62 valence electrons. The van der Waals surface area contributed by atoms with Gasteiger partial charge < -0.3 is 0 Å². The van der Waals surface area contributed by atoms with Crippen LogP contribution in [-0.4, -0.2) is 18.4 Å². The average molecular weight is 164 g/mol. The monoisotopic (exact) mass is 164 g/mol. The lowest BCUT2D eigenvalue weighted by Crippen LogP contribution is -2.35. The fourth-order valence-electron chi connectivity index (χ4n) is 0.854. The zero-order valence-corrected chi connectivity index (χ0v) is 5.69. The van der Waals surface area contributed by atoms with Gasteiger partial charge in [-0.1, -0.05) is 6.08 Å². The molecule has 0 aliphatic heterocycles. The van der Waals surface area contributed by atoms with Crippen LogP contribution in [-0.2, 0) is 4.79 Å². The predicted octanol–water partition coefficient (Wildman–Crippen LogP) is 1.88. The van der Waals surface area contributed by atoms with Gasteiger partial charge in [0.2, 0.25) is 6.17 Å². The normalized spacial score (nSPS) is 20.1. The van der Waals surface area contributed by atoms with E-state index in [1.165, 1.54) is 6.08 Å². The van der Waals surface area contributed by atoms with E-state index in [1.807, 2.05) is 0 Å². The van der Waals surface area contributed by atoms with Gasteiger partial charge in [0.25, 0.3) is 0 Å². The highest BCUT2D eigenvalue weighted by Gasteiger charge is 2.44. The molecule has 0 saturated carbocycles. The van der Waals surface area contributed by atoms with Gasteiger partial charge in [-0.25, -0.2) is 4.39 Å². The first-order valence-corrected chi connectivity index (χ1v) is 3.25. The quantitative estimate of drug-likeness (QED) is 0.459.